The maximum absolute atomic E-state index is 12.6. The number of nitrogens with one attached hydrogen (secondary N) is 2. The lowest BCUT2D eigenvalue weighted by molar-refractivity contribution is -0.145. The molecule has 0 aliphatic heterocycles. The number of hydrogen-bond donors (Lipinski definition) is 3. The Morgan fingerprint density at radius 3 is 2.08 bits per heavy atom. The van der Waals surface area contributed by atoms with E-state index in [-0.39, 0.29) is 29.0 Å². The Morgan fingerprint density at radius 2 is 1.49 bits per heavy atom. The number of halogens is 1. The molecule has 202 valence electrons. The van der Waals surface area contributed by atoms with Crippen LogP contribution in [0.25, 0.3) is 0 Å². The van der Waals surface area contributed by atoms with E-state index in [0.717, 1.165) is 5.56 Å². The molecule has 0 fully saturated rings. The van der Waals surface area contributed by atoms with E-state index in [1.54, 1.807) is 41.5 Å². The van der Waals surface area contributed by atoms with Crippen LogP contribution in [0.5, 0.6) is 11.5 Å². The van der Waals surface area contributed by atoms with Gasteiger partial charge in [-0.1, -0.05) is 48.0 Å². The number of carbonyl (C=O) groups excluding carboxylic acids is 3. The van der Waals surface area contributed by atoms with Gasteiger partial charge in [0.1, 0.15) is 0 Å². The second kappa shape index (κ2) is 13.0. The Balaban J connectivity index is 2.04. The Kier molecular flexibility index (Phi) is 10.7. The first-order chi connectivity index (χ1) is 17.2. The van der Waals surface area contributed by atoms with Crippen LogP contribution < -0.4 is 20.1 Å². The first kappa shape index (κ1) is 30.3. The van der Waals surface area contributed by atoms with Crippen molar-refractivity contribution in [2.45, 2.75) is 54.1 Å². The Hall–Kier alpha value is -2.94. The third kappa shape index (κ3) is 9.46. The fourth-order valence-corrected chi connectivity index (χ4v) is 3.29. The monoisotopic (exact) mass is 532 g/mol. The molecular formula is C28H37ClN2O6. The van der Waals surface area contributed by atoms with E-state index in [2.05, 4.69) is 10.6 Å². The van der Waals surface area contributed by atoms with Crippen LogP contribution in [-0.2, 0) is 20.8 Å². The Morgan fingerprint density at radius 1 is 0.892 bits per heavy atom. The second-order valence-corrected chi connectivity index (χ2v) is 11.2. The van der Waals surface area contributed by atoms with Crippen molar-refractivity contribution in [2.75, 3.05) is 19.6 Å². The number of benzene rings is 2. The van der Waals surface area contributed by atoms with Gasteiger partial charge in [0.25, 0.3) is 0 Å². The SMILES string of the molecule is CC(C)(C)C(=O)Oc1ccc(C(O)CNCCNC(=O)Cc2ccccc2)c(Cl)c1OC(=O)C(C)(C)C. The molecule has 0 saturated carbocycles. The molecule has 2 aromatic rings. The molecule has 0 bridgehead atoms. The lowest BCUT2D eigenvalue weighted by Gasteiger charge is -2.23. The summed E-state index contributed by atoms with van der Waals surface area (Å²) in [4.78, 5) is 37.1. The summed E-state index contributed by atoms with van der Waals surface area (Å²) in [7, 11) is 0. The van der Waals surface area contributed by atoms with Crippen LogP contribution in [-0.4, -0.2) is 42.6 Å². The number of carbonyl (C=O) groups is 3. The van der Waals surface area contributed by atoms with E-state index < -0.39 is 28.9 Å². The molecule has 1 unspecified atom stereocenters. The number of ether oxygens (including phenoxy) is 2. The maximum Gasteiger partial charge on any atom is 0.316 e. The van der Waals surface area contributed by atoms with Gasteiger partial charge in [-0.15, -0.1) is 0 Å². The van der Waals surface area contributed by atoms with Crippen molar-refractivity contribution in [3.05, 3.63) is 58.6 Å². The summed E-state index contributed by atoms with van der Waals surface area (Å²) < 4.78 is 11.0. The molecule has 1 amide bonds. The average molecular weight is 533 g/mol. The van der Waals surface area contributed by atoms with Crippen LogP contribution in [0.3, 0.4) is 0 Å². The third-order valence-corrected chi connectivity index (χ3v) is 5.63. The van der Waals surface area contributed by atoms with Gasteiger partial charge in [0, 0.05) is 25.2 Å². The lowest BCUT2D eigenvalue weighted by atomic mass is 9.97. The van der Waals surface area contributed by atoms with Gasteiger partial charge >= 0.3 is 11.9 Å². The van der Waals surface area contributed by atoms with Crippen molar-refractivity contribution in [1.82, 2.24) is 10.6 Å². The largest absolute Gasteiger partial charge is 0.422 e. The van der Waals surface area contributed by atoms with Gasteiger partial charge in [0.2, 0.25) is 5.91 Å². The normalized spacial score (nSPS) is 12.5. The summed E-state index contributed by atoms with van der Waals surface area (Å²) >= 11 is 6.55. The molecule has 8 nitrogen and oxygen atoms in total. The summed E-state index contributed by atoms with van der Waals surface area (Å²) in [5.74, 6) is -1.32. The molecule has 0 aliphatic rings. The zero-order valence-electron chi connectivity index (χ0n) is 22.3. The number of aliphatic hydroxyl groups excluding tert-OH is 1. The Bertz CT molecular complexity index is 1090. The predicted octanol–water partition coefficient (Wildman–Crippen LogP) is 4.22. The first-order valence-electron chi connectivity index (χ1n) is 12.2. The summed E-state index contributed by atoms with van der Waals surface area (Å²) in [6.45, 7) is 11.1. The van der Waals surface area contributed by atoms with Crippen LogP contribution in [0.2, 0.25) is 5.02 Å². The highest BCUT2D eigenvalue weighted by molar-refractivity contribution is 6.33. The van der Waals surface area contributed by atoms with E-state index >= 15 is 0 Å². The minimum atomic E-state index is -1.05. The van der Waals surface area contributed by atoms with E-state index in [0.29, 0.717) is 25.1 Å². The number of esters is 2. The molecule has 0 spiro atoms. The molecule has 0 aromatic heterocycles. The van der Waals surface area contributed by atoms with Crippen LogP contribution in [0.15, 0.2) is 42.5 Å². The molecule has 2 rings (SSSR count). The minimum Gasteiger partial charge on any atom is -0.422 e. The van der Waals surface area contributed by atoms with Crippen LogP contribution in [0.4, 0.5) is 0 Å². The van der Waals surface area contributed by atoms with Gasteiger partial charge in [-0.2, -0.15) is 0 Å². The van der Waals surface area contributed by atoms with E-state index in [1.807, 2.05) is 30.3 Å². The highest BCUT2D eigenvalue weighted by Gasteiger charge is 2.30. The van der Waals surface area contributed by atoms with E-state index in [1.165, 1.54) is 12.1 Å². The van der Waals surface area contributed by atoms with Crippen molar-refractivity contribution in [3.8, 4) is 11.5 Å². The summed E-state index contributed by atoms with van der Waals surface area (Å²) in [5.41, 5.74) is -0.404. The summed E-state index contributed by atoms with van der Waals surface area (Å²) in [6.07, 6.45) is -0.756. The third-order valence-electron chi connectivity index (χ3n) is 5.24. The quantitative estimate of drug-likeness (QED) is 0.238. The Labute approximate surface area is 223 Å². The molecule has 37 heavy (non-hydrogen) atoms. The highest BCUT2D eigenvalue weighted by atomic mass is 35.5. The van der Waals surface area contributed by atoms with Gasteiger partial charge in [-0.25, -0.2) is 0 Å². The van der Waals surface area contributed by atoms with E-state index in [9.17, 15) is 19.5 Å². The number of rotatable bonds is 10. The molecule has 1 atom stereocenters. The molecule has 0 radical (unpaired) electrons. The molecule has 9 heteroatoms. The van der Waals surface area contributed by atoms with Crippen LogP contribution in [0, 0.1) is 10.8 Å². The summed E-state index contributed by atoms with van der Waals surface area (Å²) in [5, 5.41) is 16.6. The molecule has 0 heterocycles. The molecule has 0 saturated heterocycles. The van der Waals surface area contributed by atoms with Crippen LogP contribution >= 0.6 is 11.6 Å². The topological polar surface area (TPSA) is 114 Å². The highest BCUT2D eigenvalue weighted by Crippen LogP contribution is 2.41. The fourth-order valence-electron chi connectivity index (χ4n) is 2.97. The molecule has 0 aliphatic carbocycles. The van der Waals surface area contributed by atoms with Crippen molar-refractivity contribution in [3.63, 3.8) is 0 Å². The maximum atomic E-state index is 12.6. The minimum absolute atomic E-state index is 0.00689. The molecule has 2 aromatic carbocycles. The summed E-state index contributed by atoms with van der Waals surface area (Å²) in [6, 6.07) is 12.4. The average Bonchev–Trinajstić information content (AvgIpc) is 2.80. The molecule has 3 N–H and O–H groups in total. The van der Waals surface area contributed by atoms with Gasteiger partial charge in [-0.3, -0.25) is 14.4 Å². The van der Waals surface area contributed by atoms with Crippen LogP contribution in [0.1, 0.15) is 58.8 Å². The smallest absolute Gasteiger partial charge is 0.316 e. The van der Waals surface area contributed by atoms with Crippen molar-refractivity contribution in [2.24, 2.45) is 10.8 Å². The molecular weight excluding hydrogens is 496 g/mol. The van der Waals surface area contributed by atoms with E-state index in [4.69, 9.17) is 21.1 Å². The fraction of sp³-hybridized carbons (Fsp3) is 0.464. The standard InChI is InChI=1S/C28H37ClN2O6/c1-27(2,3)25(34)36-21-13-12-19(23(29)24(21)37-26(35)28(4,5)6)20(32)17-30-14-15-31-22(33)16-18-10-8-7-9-11-18/h7-13,20,30,32H,14-17H2,1-6H3,(H,31,33). The number of aliphatic hydroxyl groups is 1. The van der Waals surface area contributed by atoms with Crippen molar-refractivity contribution in [1.29, 1.82) is 0 Å². The van der Waals surface area contributed by atoms with Crippen molar-refractivity contribution < 1.29 is 29.0 Å². The van der Waals surface area contributed by atoms with Gasteiger partial charge < -0.3 is 25.2 Å². The zero-order valence-corrected chi connectivity index (χ0v) is 23.1. The second-order valence-electron chi connectivity index (χ2n) is 10.8. The number of amides is 1. The first-order valence-corrected chi connectivity index (χ1v) is 12.5. The zero-order chi connectivity index (χ0) is 27.8. The number of hydrogen-bond acceptors (Lipinski definition) is 7. The predicted molar refractivity (Wildman–Crippen MR) is 143 cm³/mol. The van der Waals surface area contributed by atoms with Crippen molar-refractivity contribution >= 4 is 29.4 Å². The lowest BCUT2D eigenvalue weighted by Crippen LogP contribution is -2.34. The van der Waals surface area contributed by atoms with Gasteiger partial charge in [0.15, 0.2) is 11.5 Å². The van der Waals surface area contributed by atoms with Gasteiger partial charge in [0.05, 0.1) is 28.4 Å². The van der Waals surface area contributed by atoms with Gasteiger partial charge in [-0.05, 0) is 53.2 Å².